The van der Waals surface area contributed by atoms with Gasteiger partial charge in [-0.15, -0.1) is 11.8 Å². The van der Waals surface area contributed by atoms with Crippen molar-refractivity contribution in [2.45, 2.75) is 11.3 Å². The number of anilines is 2. The van der Waals surface area contributed by atoms with Crippen LogP contribution in [0, 0.1) is 0 Å². The summed E-state index contributed by atoms with van der Waals surface area (Å²) in [6, 6.07) is 15.1. The van der Waals surface area contributed by atoms with Gasteiger partial charge in [-0.25, -0.2) is 0 Å². The molecule has 0 saturated carbocycles. The van der Waals surface area contributed by atoms with Gasteiger partial charge in [-0.1, -0.05) is 24.8 Å². The average Bonchev–Trinajstić information content (AvgIpc) is 2.62. The second-order valence-electron chi connectivity index (χ2n) is 5.22. The second kappa shape index (κ2) is 8.36. The number of hydrogen-bond acceptors (Lipinski definition) is 3. The second-order valence-corrected chi connectivity index (χ2v) is 6.10. The first-order valence-electron chi connectivity index (χ1n) is 7.46. The van der Waals surface area contributed by atoms with Gasteiger partial charge in [0, 0.05) is 23.3 Å². The third-order valence-electron chi connectivity index (χ3n) is 3.58. The van der Waals surface area contributed by atoms with E-state index in [2.05, 4.69) is 11.9 Å². The number of nitrogens with one attached hydrogen (secondary N) is 1. The van der Waals surface area contributed by atoms with Crippen molar-refractivity contribution >= 4 is 35.0 Å². The first-order chi connectivity index (χ1) is 11.5. The van der Waals surface area contributed by atoms with Gasteiger partial charge in [0.2, 0.25) is 11.8 Å². The lowest BCUT2D eigenvalue weighted by atomic mass is 10.1. The van der Waals surface area contributed by atoms with E-state index in [-0.39, 0.29) is 11.8 Å². The zero-order valence-electron chi connectivity index (χ0n) is 13.8. The number of likely N-dealkylation sites (N-methyl/N-ethyl adjacent to an activating group) is 1. The number of carbonyl (C=O) groups is 2. The summed E-state index contributed by atoms with van der Waals surface area (Å²) < 4.78 is 0. The van der Waals surface area contributed by atoms with Gasteiger partial charge in [-0.2, -0.15) is 0 Å². The van der Waals surface area contributed by atoms with Crippen molar-refractivity contribution in [1.29, 1.82) is 0 Å². The molecule has 2 aromatic carbocycles. The van der Waals surface area contributed by atoms with E-state index in [4.69, 9.17) is 0 Å². The number of thioether (sulfide) groups is 1. The van der Waals surface area contributed by atoms with Gasteiger partial charge in [0.1, 0.15) is 0 Å². The molecule has 0 heterocycles. The Morgan fingerprint density at radius 3 is 2.54 bits per heavy atom. The van der Waals surface area contributed by atoms with E-state index in [1.54, 1.807) is 35.8 Å². The van der Waals surface area contributed by atoms with Crippen LogP contribution in [0.15, 0.2) is 66.1 Å². The van der Waals surface area contributed by atoms with E-state index in [1.807, 2.05) is 42.7 Å². The predicted molar refractivity (Wildman–Crippen MR) is 101 cm³/mol. The van der Waals surface area contributed by atoms with Crippen LogP contribution in [0.4, 0.5) is 11.4 Å². The number of nitrogens with zero attached hydrogens (tertiary/aromatic N) is 1. The molecule has 0 bridgehead atoms. The summed E-state index contributed by atoms with van der Waals surface area (Å²) in [5.41, 5.74) is 2.45. The Labute approximate surface area is 146 Å². The van der Waals surface area contributed by atoms with Gasteiger partial charge in [0.25, 0.3) is 0 Å². The Kier molecular flexibility index (Phi) is 6.21. The van der Waals surface area contributed by atoms with Gasteiger partial charge in [0.05, 0.1) is 6.42 Å². The van der Waals surface area contributed by atoms with E-state index >= 15 is 0 Å². The maximum Gasteiger partial charge on any atom is 0.247 e. The van der Waals surface area contributed by atoms with Gasteiger partial charge in [0.15, 0.2) is 0 Å². The summed E-state index contributed by atoms with van der Waals surface area (Å²) >= 11 is 1.64. The summed E-state index contributed by atoms with van der Waals surface area (Å²) in [7, 11) is 1.78. The zero-order valence-corrected chi connectivity index (χ0v) is 14.6. The molecule has 124 valence electrons. The lowest BCUT2D eigenvalue weighted by Crippen LogP contribution is -2.27. The highest BCUT2D eigenvalue weighted by atomic mass is 32.2. The molecule has 2 rings (SSSR count). The summed E-state index contributed by atoms with van der Waals surface area (Å²) in [5, 5.41) is 2.68. The van der Waals surface area contributed by atoms with Crippen molar-refractivity contribution in [3.63, 3.8) is 0 Å². The van der Waals surface area contributed by atoms with Gasteiger partial charge in [-0.3, -0.25) is 9.59 Å². The molecular formula is C19H20N2O2S. The molecule has 0 aliphatic rings. The molecule has 2 amide bonds. The molecule has 1 N–H and O–H groups in total. The molecule has 5 heteroatoms. The van der Waals surface area contributed by atoms with E-state index in [0.717, 1.165) is 16.1 Å². The summed E-state index contributed by atoms with van der Waals surface area (Å²) in [6.07, 6.45) is 3.53. The Bertz CT molecular complexity index is 741. The van der Waals surface area contributed by atoms with Crippen molar-refractivity contribution in [2.24, 2.45) is 0 Å². The Balaban J connectivity index is 2.03. The largest absolute Gasteiger partial charge is 0.323 e. The van der Waals surface area contributed by atoms with Gasteiger partial charge in [-0.05, 0) is 48.2 Å². The molecule has 0 spiro atoms. The minimum atomic E-state index is -0.257. The SMILES string of the molecule is C=CC(=O)Nc1ccc(CC(=O)N(C)c2cccc(SC)c2)cc1. The Morgan fingerprint density at radius 1 is 1.21 bits per heavy atom. The molecule has 2 aromatic rings. The molecule has 0 saturated heterocycles. The monoisotopic (exact) mass is 340 g/mol. The molecule has 0 aliphatic heterocycles. The van der Waals surface area contributed by atoms with E-state index in [1.165, 1.54) is 6.08 Å². The molecule has 0 unspecified atom stereocenters. The molecule has 24 heavy (non-hydrogen) atoms. The zero-order chi connectivity index (χ0) is 17.5. The molecule has 4 nitrogen and oxygen atoms in total. The minimum absolute atomic E-state index is 0.0103. The van der Waals surface area contributed by atoms with Crippen LogP contribution in [0.2, 0.25) is 0 Å². The van der Waals surface area contributed by atoms with Crippen LogP contribution in [-0.2, 0) is 16.0 Å². The van der Waals surface area contributed by atoms with Gasteiger partial charge < -0.3 is 10.2 Å². The van der Waals surface area contributed by atoms with Crippen LogP contribution in [-0.4, -0.2) is 25.1 Å². The van der Waals surface area contributed by atoms with Crippen molar-refractivity contribution in [1.82, 2.24) is 0 Å². The quantitative estimate of drug-likeness (QED) is 0.644. The molecule has 0 aliphatic carbocycles. The van der Waals surface area contributed by atoms with Crippen LogP contribution in [0.1, 0.15) is 5.56 Å². The minimum Gasteiger partial charge on any atom is -0.323 e. The number of rotatable bonds is 6. The fourth-order valence-corrected chi connectivity index (χ4v) is 2.61. The third kappa shape index (κ3) is 4.73. The normalized spacial score (nSPS) is 10.1. The first kappa shape index (κ1) is 17.8. The van der Waals surface area contributed by atoms with E-state index < -0.39 is 0 Å². The van der Waals surface area contributed by atoms with Crippen LogP contribution >= 0.6 is 11.8 Å². The van der Waals surface area contributed by atoms with Crippen LogP contribution in [0.5, 0.6) is 0 Å². The molecule has 0 radical (unpaired) electrons. The van der Waals surface area contributed by atoms with Crippen LogP contribution < -0.4 is 10.2 Å². The van der Waals surface area contributed by atoms with E-state index in [9.17, 15) is 9.59 Å². The Hall–Kier alpha value is -2.53. The lowest BCUT2D eigenvalue weighted by Gasteiger charge is -2.18. The molecule has 0 aromatic heterocycles. The first-order valence-corrected chi connectivity index (χ1v) is 8.69. The summed E-state index contributed by atoms with van der Waals surface area (Å²) in [4.78, 5) is 26.5. The van der Waals surface area contributed by atoms with Crippen molar-refractivity contribution in [2.75, 3.05) is 23.5 Å². The lowest BCUT2D eigenvalue weighted by molar-refractivity contribution is -0.117. The number of amides is 2. The number of carbonyl (C=O) groups excluding carboxylic acids is 2. The molecule has 0 fully saturated rings. The van der Waals surface area contributed by atoms with Crippen LogP contribution in [0.3, 0.4) is 0 Å². The summed E-state index contributed by atoms with van der Waals surface area (Å²) in [6.45, 7) is 3.41. The smallest absolute Gasteiger partial charge is 0.247 e. The highest BCUT2D eigenvalue weighted by Crippen LogP contribution is 2.22. The third-order valence-corrected chi connectivity index (χ3v) is 4.30. The maximum atomic E-state index is 12.5. The Morgan fingerprint density at radius 2 is 1.92 bits per heavy atom. The number of benzene rings is 2. The van der Waals surface area contributed by atoms with Crippen molar-refractivity contribution in [3.05, 3.63) is 66.7 Å². The fraction of sp³-hybridized carbons (Fsp3) is 0.158. The number of hydrogen-bond donors (Lipinski definition) is 1. The predicted octanol–water partition coefficient (Wildman–Crippen LogP) is 3.74. The highest BCUT2D eigenvalue weighted by molar-refractivity contribution is 7.98. The highest BCUT2D eigenvalue weighted by Gasteiger charge is 2.12. The topological polar surface area (TPSA) is 49.4 Å². The van der Waals surface area contributed by atoms with Crippen molar-refractivity contribution in [3.8, 4) is 0 Å². The molecular weight excluding hydrogens is 320 g/mol. The fourth-order valence-electron chi connectivity index (χ4n) is 2.16. The average molecular weight is 340 g/mol. The molecule has 0 atom stereocenters. The van der Waals surface area contributed by atoms with Crippen LogP contribution in [0.25, 0.3) is 0 Å². The van der Waals surface area contributed by atoms with Crippen molar-refractivity contribution < 1.29 is 9.59 Å². The maximum absolute atomic E-state index is 12.5. The van der Waals surface area contributed by atoms with E-state index in [0.29, 0.717) is 12.1 Å². The standard InChI is InChI=1S/C19H20N2O2S/c1-4-18(22)20-15-10-8-14(9-11-15)12-19(23)21(2)16-6-5-7-17(13-16)24-3/h4-11,13H,1,12H2,2-3H3,(H,20,22). The summed E-state index contributed by atoms with van der Waals surface area (Å²) in [5.74, 6) is -0.247. The van der Waals surface area contributed by atoms with Gasteiger partial charge >= 0.3 is 0 Å².